The third kappa shape index (κ3) is 4.59. The summed E-state index contributed by atoms with van der Waals surface area (Å²) in [4.78, 5) is 0. The molecule has 0 radical (unpaired) electrons. The van der Waals surface area contributed by atoms with Gasteiger partial charge in [-0.1, -0.05) is 146 Å². The minimum Gasteiger partial charge on any atom is -0.355 e. The molecule has 2 nitrogen and oxygen atoms in total. The minimum absolute atomic E-state index is 0.460. The van der Waals surface area contributed by atoms with Gasteiger partial charge in [-0.2, -0.15) is 0 Å². The predicted octanol–water partition coefficient (Wildman–Crippen LogP) is 10.9. The number of nitrogens with zero attached hydrogens (tertiary/aromatic N) is 1. The molecule has 8 aromatic rings. The number of hydrogen-bond donors (Lipinski definition) is 1. The van der Waals surface area contributed by atoms with Gasteiger partial charge in [0.1, 0.15) is 0 Å². The summed E-state index contributed by atoms with van der Waals surface area (Å²) in [6.07, 6.45) is 0. The summed E-state index contributed by atoms with van der Waals surface area (Å²) in [6.45, 7) is 0. The Labute approximate surface area is 263 Å². The van der Waals surface area contributed by atoms with Gasteiger partial charge in [-0.05, 0) is 64.7 Å². The highest BCUT2D eigenvalue weighted by atomic mass is 15.0. The van der Waals surface area contributed by atoms with Crippen LogP contribution in [0.2, 0.25) is 0 Å². The smallest absolute Gasteiger partial charge is 0.0701 e. The fraction of sp³-hybridized carbons (Fsp3) is 0.0233. The molecule has 0 saturated heterocycles. The Morgan fingerprint density at radius 2 is 0.800 bits per heavy atom. The Hall–Kier alpha value is -5.86. The van der Waals surface area contributed by atoms with E-state index in [1.165, 1.54) is 44.1 Å². The predicted molar refractivity (Wildman–Crippen MR) is 189 cm³/mol. The van der Waals surface area contributed by atoms with Crippen LogP contribution in [-0.4, -0.2) is 4.57 Å². The Bertz CT molecular complexity index is 2100. The van der Waals surface area contributed by atoms with Gasteiger partial charge in [-0.25, -0.2) is 0 Å². The number of rotatable bonds is 7. The van der Waals surface area contributed by atoms with Gasteiger partial charge in [0.15, 0.2) is 0 Å². The topological polar surface area (TPSA) is 17.0 Å². The lowest BCUT2D eigenvalue weighted by Crippen LogP contribution is -2.30. The molecule has 0 amide bonds. The quantitative estimate of drug-likeness (QED) is 0.187. The second-order valence-corrected chi connectivity index (χ2v) is 11.5. The third-order valence-electron chi connectivity index (χ3n) is 8.92. The van der Waals surface area contributed by atoms with E-state index in [1.807, 2.05) is 0 Å². The van der Waals surface area contributed by atoms with Crippen LogP contribution in [0, 0.1) is 0 Å². The van der Waals surface area contributed by atoms with Gasteiger partial charge in [0.25, 0.3) is 0 Å². The van der Waals surface area contributed by atoms with E-state index in [1.54, 1.807) is 0 Å². The number of benzene rings is 7. The molecule has 0 bridgehead atoms. The Kier molecular flexibility index (Phi) is 6.73. The van der Waals surface area contributed by atoms with E-state index >= 15 is 0 Å². The second kappa shape index (κ2) is 11.3. The average Bonchev–Trinajstić information content (AvgIpc) is 3.45. The maximum absolute atomic E-state index is 3.70. The maximum Gasteiger partial charge on any atom is 0.0701 e. The highest BCUT2D eigenvalue weighted by Crippen LogP contribution is 2.45. The third-order valence-corrected chi connectivity index (χ3v) is 8.92. The molecular formula is C43H32N2. The maximum atomic E-state index is 3.70. The first kappa shape index (κ1) is 26.7. The Morgan fingerprint density at radius 3 is 1.38 bits per heavy atom. The summed E-state index contributed by atoms with van der Waals surface area (Å²) >= 11 is 0. The van der Waals surface area contributed by atoms with Crippen LogP contribution >= 0.6 is 0 Å². The zero-order valence-electron chi connectivity index (χ0n) is 24.8. The van der Waals surface area contributed by atoms with Gasteiger partial charge in [0.05, 0.1) is 16.4 Å². The molecule has 0 atom stereocenters. The van der Waals surface area contributed by atoms with Crippen LogP contribution in [-0.2, 0) is 5.41 Å². The first-order valence-corrected chi connectivity index (χ1v) is 15.5. The van der Waals surface area contributed by atoms with E-state index in [0.29, 0.717) is 0 Å². The molecule has 0 aliphatic rings. The largest absolute Gasteiger partial charge is 0.355 e. The number of hydrogen-bond acceptors (Lipinski definition) is 1. The number of anilines is 2. The van der Waals surface area contributed by atoms with Gasteiger partial charge in [0.2, 0.25) is 0 Å². The first-order chi connectivity index (χ1) is 22.3. The van der Waals surface area contributed by atoms with E-state index in [9.17, 15) is 0 Å². The standard InChI is InChI=1S/C43H32N2/c1-5-15-32(16-6-1)43(33-17-7-2-8-18-33,34-19-9-3-10-20-34)35-25-27-36(28-26-35)44-37-29-30-40-39-23-13-14-24-41(39)45(42(40)31-37)38-21-11-4-12-22-38/h1-31,44H. The lowest BCUT2D eigenvalue weighted by Gasteiger charge is -2.37. The molecule has 1 heterocycles. The molecule has 214 valence electrons. The lowest BCUT2D eigenvalue weighted by molar-refractivity contribution is 0.745. The van der Waals surface area contributed by atoms with Crippen LogP contribution < -0.4 is 5.32 Å². The van der Waals surface area contributed by atoms with Gasteiger partial charge < -0.3 is 9.88 Å². The van der Waals surface area contributed by atoms with Crippen molar-refractivity contribution in [3.8, 4) is 5.69 Å². The van der Waals surface area contributed by atoms with Crippen LogP contribution in [0.1, 0.15) is 22.3 Å². The molecule has 0 unspecified atom stereocenters. The van der Waals surface area contributed by atoms with E-state index in [2.05, 4.69) is 198 Å². The van der Waals surface area contributed by atoms with E-state index in [0.717, 1.165) is 17.1 Å². The van der Waals surface area contributed by atoms with Crippen molar-refractivity contribution in [3.05, 3.63) is 210 Å². The van der Waals surface area contributed by atoms with Gasteiger partial charge in [0, 0.05) is 27.8 Å². The van der Waals surface area contributed by atoms with Crippen molar-refractivity contribution in [1.82, 2.24) is 4.57 Å². The van der Waals surface area contributed by atoms with E-state index < -0.39 is 5.41 Å². The monoisotopic (exact) mass is 576 g/mol. The van der Waals surface area contributed by atoms with Crippen molar-refractivity contribution in [2.45, 2.75) is 5.41 Å². The highest BCUT2D eigenvalue weighted by Gasteiger charge is 2.38. The zero-order valence-corrected chi connectivity index (χ0v) is 24.8. The van der Waals surface area contributed by atoms with E-state index in [-0.39, 0.29) is 0 Å². The van der Waals surface area contributed by atoms with Gasteiger partial charge in [-0.3, -0.25) is 0 Å². The number of nitrogens with one attached hydrogen (secondary N) is 1. The summed E-state index contributed by atoms with van der Waals surface area (Å²) in [6, 6.07) is 67.4. The lowest BCUT2D eigenvalue weighted by atomic mass is 9.65. The van der Waals surface area contributed by atoms with Gasteiger partial charge in [-0.15, -0.1) is 0 Å². The fourth-order valence-electron chi connectivity index (χ4n) is 6.94. The Balaban J connectivity index is 1.23. The number of para-hydroxylation sites is 2. The summed E-state index contributed by atoms with van der Waals surface area (Å²) in [5.74, 6) is 0. The number of aromatic nitrogens is 1. The molecule has 0 aliphatic carbocycles. The molecule has 0 fully saturated rings. The molecule has 0 saturated carbocycles. The van der Waals surface area contributed by atoms with Crippen molar-refractivity contribution >= 4 is 33.2 Å². The SMILES string of the molecule is c1ccc(-n2c3ccccc3c3ccc(Nc4ccc(C(c5ccccc5)(c5ccccc5)c5ccccc5)cc4)cc32)cc1. The summed E-state index contributed by atoms with van der Waals surface area (Å²) in [5, 5.41) is 6.20. The summed E-state index contributed by atoms with van der Waals surface area (Å²) in [7, 11) is 0. The molecule has 2 heteroatoms. The summed E-state index contributed by atoms with van der Waals surface area (Å²) < 4.78 is 2.35. The number of fused-ring (bicyclic) bond motifs is 3. The zero-order chi connectivity index (χ0) is 30.1. The molecule has 7 aromatic carbocycles. The normalized spacial score (nSPS) is 11.6. The van der Waals surface area contributed by atoms with Crippen LogP contribution in [0.5, 0.6) is 0 Å². The molecule has 45 heavy (non-hydrogen) atoms. The van der Waals surface area contributed by atoms with Crippen molar-refractivity contribution in [3.63, 3.8) is 0 Å². The van der Waals surface area contributed by atoms with Crippen LogP contribution in [0.3, 0.4) is 0 Å². The molecule has 1 aromatic heterocycles. The van der Waals surface area contributed by atoms with Crippen molar-refractivity contribution in [2.24, 2.45) is 0 Å². The van der Waals surface area contributed by atoms with Gasteiger partial charge >= 0.3 is 0 Å². The van der Waals surface area contributed by atoms with Crippen molar-refractivity contribution in [2.75, 3.05) is 5.32 Å². The van der Waals surface area contributed by atoms with Crippen LogP contribution in [0.25, 0.3) is 27.5 Å². The molecule has 1 N–H and O–H groups in total. The molecule has 0 spiro atoms. The van der Waals surface area contributed by atoms with Crippen LogP contribution in [0.4, 0.5) is 11.4 Å². The Morgan fingerprint density at radius 1 is 0.356 bits per heavy atom. The first-order valence-electron chi connectivity index (χ1n) is 15.5. The van der Waals surface area contributed by atoms with E-state index in [4.69, 9.17) is 0 Å². The molecular weight excluding hydrogens is 544 g/mol. The fourth-order valence-corrected chi connectivity index (χ4v) is 6.94. The van der Waals surface area contributed by atoms with Crippen LogP contribution in [0.15, 0.2) is 188 Å². The molecule has 8 rings (SSSR count). The molecule has 0 aliphatic heterocycles. The highest BCUT2D eigenvalue weighted by molar-refractivity contribution is 6.10. The minimum atomic E-state index is -0.460. The van der Waals surface area contributed by atoms with Crippen molar-refractivity contribution < 1.29 is 0 Å². The van der Waals surface area contributed by atoms with Crippen molar-refractivity contribution in [1.29, 1.82) is 0 Å². The second-order valence-electron chi connectivity index (χ2n) is 11.5. The summed E-state index contributed by atoms with van der Waals surface area (Å²) in [5.41, 5.74) is 10.1. The average molecular weight is 577 g/mol.